The van der Waals surface area contributed by atoms with Gasteiger partial charge in [0.25, 0.3) is 5.56 Å². The predicted molar refractivity (Wildman–Crippen MR) is 88.6 cm³/mol. The summed E-state index contributed by atoms with van der Waals surface area (Å²) >= 11 is 0. The van der Waals surface area contributed by atoms with E-state index in [-0.39, 0.29) is 18.0 Å². The minimum atomic E-state index is -0.273. The van der Waals surface area contributed by atoms with Crippen LogP contribution in [0.15, 0.2) is 53.7 Å². The van der Waals surface area contributed by atoms with E-state index < -0.39 is 0 Å². The molecule has 3 rings (SSSR count). The molecular formula is C17H16N4O3. The summed E-state index contributed by atoms with van der Waals surface area (Å²) in [5, 5.41) is 3.26. The quantitative estimate of drug-likeness (QED) is 0.760. The number of nitrogens with one attached hydrogen (secondary N) is 1. The molecule has 2 heterocycles. The van der Waals surface area contributed by atoms with Crippen molar-refractivity contribution in [2.24, 2.45) is 0 Å². The summed E-state index contributed by atoms with van der Waals surface area (Å²) in [5.74, 6) is 0.210. The smallest absolute Gasteiger partial charge is 0.261 e. The van der Waals surface area contributed by atoms with E-state index in [1.165, 1.54) is 18.0 Å². The van der Waals surface area contributed by atoms with Gasteiger partial charge in [-0.15, -0.1) is 0 Å². The van der Waals surface area contributed by atoms with Gasteiger partial charge in [0.1, 0.15) is 6.54 Å². The number of rotatable bonds is 5. The number of ether oxygens (including phenoxy) is 1. The third-order valence-corrected chi connectivity index (χ3v) is 3.54. The van der Waals surface area contributed by atoms with Crippen LogP contribution in [0.3, 0.4) is 0 Å². The lowest BCUT2D eigenvalue weighted by molar-refractivity contribution is -0.121. The normalized spacial score (nSPS) is 10.5. The highest BCUT2D eigenvalue weighted by atomic mass is 16.5. The lowest BCUT2D eigenvalue weighted by atomic mass is 10.2. The van der Waals surface area contributed by atoms with Crippen molar-refractivity contribution in [2.75, 3.05) is 7.11 Å². The zero-order valence-electron chi connectivity index (χ0n) is 13.1. The van der Waals surface area contributed by atoms with Crippen LogP contribution in [0.2, 0.25) is 0 Å². The predicted octanol–water partition coefficient (Wildman–Crippen LogP) is 1.12. The molecule has 7 nitrogen and oxygen atoms in total. The number of fused-ring (bicyclic) bond motifs is 1. The second-order valence-electron chi connectivity index (χ2n) is 5.18. The van der Waals surface area contributed by atoms with Crippen molar-refractivity contribution in [1.82, 2.24) is 19.9 Å². The average molecular weight is 324 g/mol. The van der Waals surface area contributed by atoms with Crippen molar-refractivity contribution in [3.8, 4) is 5.88 Å². The van der Waals surface area contributed by atoms with Gasteiger partial charge < -0.3 is 10.1 Å². The molecule has 0 aliphatic heterocycles. The van der Waals surface area contributed by atoms with E-state index in [9.17, 15) is 9.59 Å². The molecule has 0 fully saturated rings. The Labute approximate surface area is 137 Å². The summed E-state index contributed by atoms with van der Waals surface area (Å²) in [7, 11) is 1.53. The highest BCUT2D eigenvalue weighted by Gasteiger charge is 2.08. The van der Waals surface area contributed by atoms with E-state index in [0.29, 0.717) is 23.3 Å². The van der Waals surface area contributed by atoms with Gasteiger partial charge in [0.05, 0.1) is 24.3 Å². The molecule has 1 amide bonds. The lowest BCUT2D eigenvalue weighted by Gasteiger charge is -2.08. The molecule has 0 spiro atoms. The molecule has 0 saturated heterocycles. The number of hydrogen-bond donors (Lipinski definition) is 1. The molecule has 0 unspecified atom stereocenters. The number of pyridine rings is 1. The maximum absolute atomic E-state index is 12.3. The van der Waals surface area contributed by atoms with E-state index in [2.05, 4.69) is 15.3 Å². The molecule has 0 bridgehead atoms. The van der Waals surface area contributed by atoms with Gasteiger partial charge in [-0.1, -0.05) is 12.1 Å². The molecule has 0 aliphatic carbocycles. The molecule has 0 radical (unpaired) electrons. The van der Waals surface area contributed by atoms with Crippen LogP contribution in [-0.2, 0) is 17.9 Å². The van der Waals surface area contributed by atoms with Crippen LogP contribution in [-0.4, -0.2) is 27.6 Å². The van der Waals surface area contributed by atoms with Gasteiger partial charge in [-0.25, -0.2) is 9.97 Å². The highest BCUT2D eigenvalue weighted by Crippen LogP contribution is 2.08. The van der Waals surface area contributed by atoms with E-state index >= 15 is 0 Å². The second-order valence-corrected chi connectivity index (χ2v) is 5.18. The van der Waals surface area contributed by atoms with Crippen LogP contribution < -0.4 is 15.6 Å². The number of carbonyl (C=O) groups is 1. The van der Waals surface area contributed by atoms with Crippen molar-refractivity contribution in [1.29, 1.82) is 0 Å². The van der Waals surface area contributed by atoms with Crippen molar-refractivity contribution < 1.29 is 9.53 Å². The topological polar surface area (TPSA) is 86.1 Å². The Hall–Kier alpha value is -3.22. The number of hydrogen-bond acceptors (Lipinski definition) is 5. The van der Waals surface area contributed by atoms with Crippen molar-refractivity contribution in [3.05, 3.63) is 64.8 Å². The lowest BCUT2D eigenvalue weighted by Crippen LogP contribution is -2.32. The molecule has 7 heteroatoms. The number of methoxy groups -OCH3 is 1. The van der Waals surface area contributed by atoms with Crippen LogP contribution in [0.25, 0.3) is 10.9 Å². The first-order valence-electron chi connectivity index (χ1n) is 7.37. The summed E-state index contributed by atoms with van der Waals surface area (Å²) < 4.78 is 6.33. The van der Waals surface area contributed by atoms with Gasteiger partial charge in [-0.3, -0.25) is 14.2 Å². The Morgan fingerprint density at radius 3 is 2.92 bits per heavy atom. The number of amides is 1. The Morgan fingerprint density at radius 1 is 1.25 bits per heavy atom. The van der Waals surface area contributed by atoms with Gasteiger partial charge in [0, 0.05) is 18.8 Å². The van der Waals surface area contributed by atoms with Crippen LogP contribution >= 0.6 is 0 Å². The molecule has 0 atom stereocenters. The minimum absolute atomic E-state index is 0.0844. The zero-order valence-corrected chi connectivity index (χ0v) is 13.1. The summed E-state index contributed by atoms with van der Waals surface area (Å²) in [6, 6.07) is 10.6. The zero-order chi connectivity index (χ0) is 16.9. The Morgan fingerprint density at radius 2 is 2.08 bits per heavy atom. The van der Waals surface area contributed by atoms with Crippen molar-refractivity contribution >= 4 is 16.8 Å². The van der Waals surface area contributed by atoms with Gasteiger partial charge in [-0.2, -0.15) is 0 Å². The van der Waals surface area contributed by atoms with Crippen LogP contribution in [0.4, 0.5) is 0 Å². The Balaban J connectivity index is 1.69. The molecule has 0 saturated carbocycles. The number of para-hydroxylation sites is 1. The third-order valence-electron chi connectivity index (χ3n) is 3.54. The molecular weight excluding hydrogens is 308 g/mol. The summed E-state index contributed by atoms with van der Waals surface area (Å²) in [5.41, 5.74) is 1.24. The fraction of sp³-hybridized carbons (Fsp3) is 0.176. The van der Waals surface area contributed by atoms with E-state index in [4.69, 9.17) is 4.74 Å². The fourth-order valence-electron chi connectivity index (χ4n) is 2.30. The first-order chi connectivity index (χ1) is 11.7. The monoisotopic (exact) mass is 324 g/mol. The molecule has 2 aromatic heterocycles. The van der Waals surface area contributed by atoms with E-state index in [1.807, 2.05) is 6.07 Å². The van der Waals surface area contributed by atoms with Crippen LogP contribution in [0.5, 0.6) is 5.88 Å². The van der Waals surface area contributed by atoms with E-state index in [0.717, 1.165) is 5.56 Å². The third kappa shape index (κ3) is 3.40. The first kappa shape index (κ1) is 15.7. The first-order valence-corrected chi connectivity index (χ1v) is 7.37. The summed E-state index contributed by atoms with van der Waals surface area (Å²) in [6.07, 6.45) is 3.00. The number of nitrogens with zero attached hydrogens (tertiary/aromatic N) is 3. The number of aromatic nitrogens is 3. The Kier molecular flexibility index (Phi) is 4.51. The van der Waals surface area contributed by atoms with E-state index in [1.54, 1.807) is 36.5 Å². The second kappa shape index (κ2) is 6.91. The summed E-state index contributed by atoms with van der Waals surface area (Å²) in [4.78, 5) is 32.6. The number of benzene rings is 1. The molecule has 1 N–H and O–H groups in total. The maximum Gasteiger partial charge on any atom is 0.261 e. The molecule has 1 aromatic carbocycles. The SMILES string of the molecule is COc1cc(CNC(=O)Cn2cnc3ccccc3c2=O)ccn1. The Bertz CT molecular complexity index is 936. The molecule has 24 heavy (non-hydrogen) atoms. The van der Waals surface area contributed by atoms with Crippen molar-refractivity contribution in [3.63, 3.8) is 0 Å². The largest absolute Gasteiger partial charge is 0.481 e. The molecule has 122 valence electrons. The van der Waals surface area contributed by atoms with Gasteiger partial charge in [0.2, 0.25) is 11.8 Å². The summed E-state index contributed by atoms with van der Waals surface area (Å²) in [6.45, 7) is 0.242. The average Bonchev–Trinajstić information content (AvgIpc) is 2.63. The fourth-order valence-corrected chi connectivity index (χ4v) is 2.30. The van der Waals surface area contributed by atoms with Crippen LogP contribution in [0.1, 0.15) is 5.56 Å². The standard InChI is InChI=1S/C17H16N4O3/c1-24-16-8-12(6-7-18-16)9-19-15(22)10-21-11-20-14-5-3-2-4-13(14)17(21)23/h2-8,11H,9-10H2,1H3,(H,19,22). The maximum atomic E-state index is 12.3. The highest BCUT2D eigenvalue weighted by molar-refractivity contribution is 5.78. The molecule has 3 aromatic rings. The van der Waals surface area contributed by atoms with Gasteiger partial charge in [0.15, 0.2) is 0 Å². The minimum Gasteiger partial charge on any atom is -0.481 e. The molecule has 0 aliphatic rings. The van der Waals surface area contributed by atoms with Crippen molar-refractivity contribution in [2.45, 2.75) is 13.1 Å². The van der Waals surface area contributed by atoms with Gasteiger partial charge >= 0.3 is 0 Å². The number of carbonyl (C=O) groups excluding carboxylic acids is 1. The van der Waals surface area contributed by atoms with Gasteiger partial charge in [-0.05, 0) is 23.8 Å². The van der Waals surface area contributed by atoms with Crippen LogP contribution in [0, 0.1) is 0 Å².